The topological polar surface area (TPSA) is 43.3 Å². The van der Waals surface area contributed by atoms with Gasteiger partial charge in [-0.05, 0) is 25.0 Å². The maximum absolute atomic E-state index is 4.95. The van der Waals surface area contributed by atoms with Gasteiger partial charge in [-0.1, -0.05) is 31.0 Å². The highest BCUT2D eigenvalue weighted by atomic mass is 16.5. The predicted octanol–water partition coefficient (Wildman–Crippen LogP) is 3.72. The third-order valence-corrected chi connectivity index (χ3v) is 3.35. The standard InChI is InChI=1S/C15H17N3O/c1-2-3-4-7-13-15(12-10-16-19-11-12)17-14-8-5-6-9-18(13)14/h5-6,8-11H,2-4,7H2,1H3. The summed E-state index contributed by atoms with van der Waals surface area (Å²) in [6.45, 7) is 2.22. The van der Waals surface area contributed by atoms with Gasteiger partial charge < -0.3 is 8.92 Å². The Labute approximate surface area is 112 Å². The van der Waals surface area contributed by atoms with Gasteiger partial charge in [0.1, 0.15) is 11.9 Å². The first-order chi connectivity index (χ1) is 9.40. The van der Waals surface area contributed by atoms with E-state index < -0.39 is 0 Å². The second-order valence-electron chi connectivity index (χ2n) is 4.71. The van der Waals surface area contributed by atoms with Crippen LogP contribution < -0.4 is 0 Å². The zero-order chi connectivity index (χ0) is 13.1. The summed E-state index contributed by atoms with van der Waals surface area (Å²) in [7, 11) is 0. The number of fused-ring (bicyclic) bond motifs is 1. The Hall–Kier alpha value is -2.10. The van der Waals surface area contributed by atoms with Crippen LogP contribution in [0.15, 0.2) is 41.4 Å². The molecule has 0 saturated heterocycles. The monoisotopic (exact) mass is 255 g/mol. The first-order valence-corrected chi connectivity index (χ1v) is 6.76. The summed E-state index contributed by atoms with van der Waals surface area (Å²) in [5.41, 5.74) is 4.16. The lowest BCUT2D eigenvalue weighted by Crippen LogP contribution is -1.94. The van der Waals surface area contributed by atoms with Crippen LogP contribution >= 0.6 is 0 Å². The van der Waals surface area contributed by atoms with Crippen molar-refractivity contribution in [1.82, 2.24) is 14.5 Å². The van der Waals surface area contributed by atoms with Gasteiger partial charge in [-0.3, -0.25) is 0 Å². The Bertz CT molecular complexity index is 655. The first-order valence-electron chi connectivity index (χ1n) is 6.76. The molecule has 3 aromatic rings. The van der Waals surface area contributed by atoms with E-state index in [0.717, 1.165) is 23.3 Å². The zero-order valence-electron chi connectivity index (χ0n) is 11.0. The highest BCUT2D eigenvalue weighted by molar-refractivity contribution is 5.64. The van der Waals surface area contributed by atoms with Gasteiger partial charge in [-0.25, -0.2) is 4.98 Å². The number of rotatable bonds is 5. The molecule has 4 nitrogen and oxygen atoms in total. The molecule has 0 aliphatic rings. The lowest BCUT2D eigenvalue weighted by Gasteiger charge is -2.03. The van der Waals surface area contributed by atoms with E-state index in [0.29, 0.717) is 0 Å². The number of aryl methyl sites for hydroxylation is 1. The van der Waals surface area contributed by atoms with Crippen LogP contribution in [0.4, 0.5) is 0 Å². The van der Waals surface area contributed by atoms with E-state index in [2.05, 4.69) is 22.7 Å². The van der Waals surface area contributed by atoms with Gasteiger partial charge in [-0.2, -0.15) is 0 Å². The smallest absolute Gasteiger partial charge is 0.137 e. The third kappa shape index (κ3) is 2.26. The van der Waals surface area contributed by atoms with Gasteiger partial charge in [0, 0.05) is 6.20 Å². The summed E-state index contributed by atoms with van der Waals surface area (Å²) in [5, 5.41) is 3.78. The highest BCUT2D eigenvalue weighted by Crippen LogP contribution is 2.25. The second kappa shape index (κ2) is 5.26. The zero-order valence-corrected chi connectivity index (χ0v) is 11.0. The van der Waals surface area contributed by atoms with Crippen LogP contribution in [0.5, 0.6) is 0 Å². The number of hydrogen-bond donors (Lipinski definition) is 0. The molecule has 0 aromatic carbocycles. The molecule has 0 fully saturated rings. The van der Waals surface area contributed by atoms with E-state index in [4.69, 9.17) is 9.51 Å². The summed E-state index contributed by atoms with van der Waals surface area (Å²) >= 11 is 0. The van der Waals surface area contributed by atoms with Crippen molar-refractivity contribution in [2.75, 3.05) is 0 Å². The molecule has 3 heterocycles. The average molecular weight is 255 g/mol. The summed E-state index contributed by atoms with van der Waals surface area (Å²) < 4.78 is 7.11. The second-order valence-corrected chi connectivity index (χ2v) is 4.71. The van der Waals surface area contributed by atoms with Gasteiger partial charge in [-0.15, -0.1) is 0 Å². The van der Waals surface area contributed by atoms with Crippen LogP contribution in [0, 0.1) is 0 Å². The molecule has 0 N–H and O–H groups in total. The van der Waals surface area contributed by atoms with Gasteiger partial charge in [0.2, 0.25) is 0 Å². The fourth-order valence-electron chi connectivity index (χ4n) is 2.38. The largest absolute Gasteiger partial charge is 0.364 e. The number of pyridine rings is 1. The van der Waals surface area contributed by atoms with Gasteiger partial charge in [0.15, 0.2) is 0 Å². The molecule has 0 spiro atoms. The molecule has 0 unspecified atom stereocenters. The Morgan fingerprint density at radius 1 is 1.26 bits per heavy atom. The van der Waals surface area contributed by atoms with Gasteiger partial charge in [0.25, 0.3) is 0 Å². The quantitative estimate of drug-likeness (QED) is 0.652. The van der Waals surface area contributed by atoms with Crippen LogP contribution in [-0.2, 0) is 6.42 Å². The van der Waals surface area contributed by atoms with Crippen molar-refractivity contribution in [1.29, 1.82) is 0 Å². The molecule has 0 atom stereocenters. The van der Waals surface area contributed by atoms with Crippen LogP contribution in [0.3, 0.4) is 0 Å². The minimum Gasteiger partial charge on any atom is -0.364 e. The molecule has 3 aromatic heterocycles. The maximum atomic E-state index is 4.95. The lowest BCUT2D eigenvalue weighted by molar-refractivity contribution is 0.420. The van der Waals surface area contributed by atoms with E-state index in [1.807, 2.05) is 18.2 Å². The Morgan fingerprint density at radius 2 is 2.21 bits per heavy atom. The molecule has 3 rings (SSSR count). The van der Waals surface area contributed by atoms with Crippen molar-refractivity contribution < 1.29 is 4.52 Å². The minimum atomic E-state index is 0.954. The van der Waals surface area contributed by atoms with Crippen molar-refractivity contribution in [3.8, 4) is 11.3 Å². The molecule has 0 aliphatic carbocycles. The molecule has 4 heteroatoms. The van der Waals surface area contributed by atoms with E-state index in [1.54, 1.807) is 12.5 Å². The molecular formula is C15H17N3O. The van der Waals surface area contributed by atoms with Gasteiger partial charge >= 0.3 is 0 Å². The molecule has 19 heavy (non-hydrogen) atoms. The summed E-state index contributed by atoms with van der Waals surface area (Å²) in [6, 6.07) is 6.07. The van der Waals surface area contributed by atoms with Crippen LogP contribution in [0.1, 0.15) is 31.9 Å². The number of imidazole rings is 1. The molecular weight excluding hydrogens is 238 g/mol. The summed E-state index contributed by atoms with van der Waals surface area (Å²) in [4.78, 5) is 4.70. The predicted molar refractivity (Wildman–Crippen MR) is 73.9 cm³/mol. The number of aromatic nitrogens is 3. The van der Waals surface area contributed by atoms with E-state index in [-0.39, 0.29) is 0 Å². The Kier molecular flexibility index (Phi) is 3.31. The van der Waals surface area contributed by atoms with E-state index >= 15 is 0 Å². The van der Waals surface area contributed by atoms with Crippen molar-refractivity contribution in [2.24, 2.45) is 0 Å². The molecule has 98 valence electrons. The molecule has 0 radical (unpaired) electrons. The van der Waals surface area contributed by atoms with Crippen LogP contribution in [-0.4, -0.2) is 14.5 Å². The Balaban J connectivity index is 2.06. The van der Waals surface area contributed by atoms with Gasteiger partial charge in [0.05, 0.1) is 23.1 Å². The average Bonchev–Trinajstić information content (AvgIpc) is 3.06. The van der Waals surface area contributed by atoms with Crippen molar-refractivity contribution in [3.63, 3.8) is 0 Å². The van der Waals surface area contributed by atoms with Crippen molar-refractivity contribution in [2.45, 2.75) is 32.6 Å². The molecule has 0 bridgehead atoms. The molecule has 0 saturated carbocycles. The van der Waals surface area contributed by atoms with Crippen LogP contribution in [0.2, 0.25) is 0 Å². The maximum Gasteiger partial charge on any atom is 0.137 e. The van der Waals surface area contributed by atoms with Crippen molar-refractivity contribution in [3.05, 3.63) is 42.5 Å². The summed E-state index contributed by atoms with van der Waals surface area (Å²) in [5.74, 6) is 0. The normalized spacial score (nSPS) is 11.2. The fourth-order valence-corrected chi connectivity index (χ4v) is 2.38. The molecule has 0 aliphatic heterocycles. The lowest BCUT2D eigenvalue weighted by atomic mass is 10.1. The summed E-state index contributed by atoms with van der Waals surface area (Å²) in [6.07, 6.45) is 10.1. The first kappa shape index (κ1) is 12.0. The highest BCUT2D eigenvalue weighted by Gasteiger charge is 2.14. The SMILES string of the molecule is CCCCCc1c(-c2cnoc2)nc2ccccn12. The molecule has 0 amide bonds. The number of hydrogen-bond acceptors (Lipinski definition) is 3. The van der Waals surface area contributed by atoms with Crippen LogP contribution in [0.25, 0.3) is 16.9 Å². The number of nitrogens with zero attached hydrogens (tertiary/aromatic N) is 3. The fraction of sp³-hybridized carbons (Fsp3) is 0.333. The Morgan fingerprint density at radius 3 is 3.00 bits per heavy atom. The minimum absolute atomic E-state index is 0.954. The number of unbranched alkanes of at least 4 members (excludes halogenated alkanes) is 2. The third-order valence-electron chi connectivity index (χ3n) is 3.35. The van der Waals surface area contributed by atoms with E-state index in [1.165, 1.54) is 25.0 Å². The van der Waals surface area contributed by atoms with E-state index in [9.17, 15) is 0 Å². The van der Waals surface area contributed by atoms with Crippen molar-refractivity contribution >= 4 is 5.65 Å².